The highest BCUT2D eigenvalue weighted by Gasteiger charge is 2.33. The first-order valence-electron chi connectivity index (χ1n) is 8.61. The number of piperazine rings is 1. The van der Waals surface area contributed by atoms with Gasteiger partial charge >= 0.3 is 6.09 Å². The van der Waals surface area contributed by atoms with Gasteiger partial charge in [-0.05, 0) is 45.7 Å². The van der Waals surface area contributed by atoms with Crippen LogP contribution in [0.4, 0.5) is 10.5 Å². The number of methoxy groups -OCH3 is 1. The summed E-state index contributed by atoms with van der Waals surface area (Å²) in [4.78, 5) is 16.8. The lowest BCUT2D eigenvalue weighted by molar-refractivity contribution is 0.0106. The molecular formula is C19H30N2O3. The summed E-state index contributed by atoms with van der Waals surface area (Å²) >= 11 is 0. The third-order valence-electron chi connectivity index (χ3n) is 4.22. The number of hydrogen-bond acceptors (Lipinski definition) is 4. The normalized spacial score (nSPS) is 18.6. The lowest BCUT2D eigenvalue weighted by atomic mass is 10.1. The molecule has 1 unspecified atom stereocenters. The molecule has 24 heavy (non-hydrogen) atoms. The van der Waals surface area contributed by atoms with Gasteiger partial charge in [0, 0.05) is 39.0 Å². The van der Waals surface area contributed by atoms with Gasteiger partial charge in [0.1, 0.15) is 5.60 Å². The molecule has 0 bridgehead atoms. The molecule has 0 aromatic heterocycles. The molecule has 0 spiro atoms. The molecule has 0 aliphatic carbocycles. The highest BCUT2D eigenvalue weighted by Crippen LogP contribution is 2.25. The van der Waals surface area contributed by atoms with Crippen molar-refractivity contribution in [1.29, 1.82) is 0 Å². The third kappa shape index (κ3) is 4.87. The molecule has 1 fully saturated rings. The fourth-order valence-corrected chi connectivity index (χ4v) is 3.05. The number of ether oxygens (including phenoxy) is 2. The summed E-state index contributed by atoms with van der Waals surface area (Å²) in [6.07, 6.45) is 0.575. The molecule has 1 heterocycles. The topological polar surface area (TPSA) is 42.0 Å². The van der Waals surface area contributed by atoms with Gasteiger partial charge in [-0.3, -0.25) is 0 Å². The Kier molecular flexibility index (Phi) is 6.10. The van der Waals surface area contributed by atoms with Gasteiger partial charge in [0.2, 0.25) is 0 Å². The number of benzene rings is 1. The minimum absolute atomic E-state index is 0.0909. The van der Waals surface area contributed by atoms with E-state index >= 15 is 0 Å². The Balaban J connectivity index is 2.12. The fraction of sp³-hybridized carbons (Fsp3) is 0.632. The van der Waals surface area contributed by atoms with Crippen LogP contribution in [0.1, 0.15) is 32.8 Å². The van der Waals surface area contributed by atoms with Crippen molar-refractivity contribution in [2.75, 3.05) is 38.3 Å². The maximum atomic E-state index is 12.5. The third-order valence-corrected chi connectivity index (χ3v) is 4.22. The van der Waals surface area contributed by atoms with Crippen LogP contribution in [-0.4, -0.2) is 56.0 Å². The Morgan fingerprint density at radius 1 is 1.25 bits per heavy atom. The van der Waals surface area contributed by atoms with Crippen LogP contribution in [0.3, 0.4) is 0 Å². The SMILES string of the molecule is COCCC1CN(c2ccccc2C)CCN1C(=O)OC(C)(C)C. The van der Waals surface area contributed by atoms with Gasteiger partial charge in [-0.15, -0.1) is 0 Å². The van der Waals surface area contributed by atoms with Crippen LogP contribution in [-0.2, 0) is 9.47 Å². The predicted octanol–water partition coefficient (Wildman–Crippen LogP) is 3.46. The van der Waals surface area contributed by atoms with Crippen LogP contribution >= 0.6 is 0 Å². The number of para-hydroxylation sites is 1. The van der Waals surface area contributed by atoms with E-state index in [-0.39, 0.29) is 12.1 Å². The summed E-state index contributed by atoms with van der Waals surface area (Å²) in [5.74, 6) is 0. The van der Waals surface area contributed by atoms with Crippen molar-refractivity contribution in [2.24, 2.45) is 0 Å². The van der Waals surface area contributed by atoms with Crippen LogP contribution in [0.2, 0.25) is 0 Å². The zero-order valence-electron chi connectivity index (χ0n) is 15.5. The zero-order valence-corrected chi connectivity index (χ0v) is 15.5. The fourth-order valence-electron chi connectivity index (χ4n) is 3.05. The van der Waals surface area contributed by atoms with E-state index in [0.29, 0.717) is 13.2 Å². The largest absolute Gasteiger partial charge is 0.444 e. The molecule has 5 heteroatoms. The van der Waals surface area contributed by atoms with Crippen molar-refractivity contribution in [3.05, 3.63) is 29.8 Å². The smallest absolute Gasteiger partial charge is 0.410 e. The Hall–Kier alpha value is -1.75. The van der Waals surface area contributed by atoms with Gasteiger partial charge in [0.05, 0.1) is 6.04 Å². The predicted molar refractivity (Wildman–Crippen MR) is 96.6 cm³/mol. The van der Waals surface area contributed by atoms with Gasteiger partial charge in [0.25, 0.3) is 0 Å². The quantitative estimate of drug-likeness (QED) is 0.846. The van der Waals surface area contributed by atoms with Crippen LogP contribution in [0.15, 0.2) is 24.3 Å². The van der Waals surface area contributed by atoms with E-state index in [4.69, 9.17) is 9.47 Å². The van der Waals surface area contributed by atoms with E-state index in [1.54, 1.807) is 7.11 Å². The van der Waals surface area contributed by atoms with Crippen molar-refractivity contribution in [3.8, 4) is 0 Å². The van der Waals surface area contributed by atoms with Crippen LogP contribution in [0.5, 0.6) is 0 Å². The maximum Gasteiger partial charge on any atom is 0.410 e. The molecule has 1 aromatic carbocycles. The van der Waals surface area contributed by atoms with E-state index in [1.807, 2.05) is 25.7 Å². The summed E-state index contributed by atoms with van der Waals surface area (Å²) in [5.41, 5.74) is 2.02. The molecule has 1 aliphatic rings. The number of amides is 1. The van der Waals surface area contributed by atoms with Crippen molar-refractivity contribution < 1.29 is 14.3 Å². The van der Waals surface area contributed by atoms with E-state index in [1.165, 1.54) is 11.3 Å². The minimum Gasteiger partial charge on any atom is -0.444 e. The van der Waals surface area contributed by atoms with Gasteiger partial charge in [-0.25, -0.2) is 4.79 Å². The molecule has 1 amide bonds. The number of anilines is 1. The minimum atomic E-state index is -0.476. The maximum absolute atomic E-state index is 12.5. The van der Waals surface area contributed by atoms with Crippen molar-refractivity contribution in [1.82, 2.24) is 4.90 Å². The monoisotopic (exact) mass is 334 g/mol. The van der Waals surface area contributed by atoms with Crippen molar-refractivity contribution in [2.45, 2.75) is 45.8 Å². The number of aryl methyl sites for hydroxylation is 1. The highest BCUT2D eigenvalue weighted by molar-refractivity contribution is 5.69. The van der Waals surface area contributed by atoms with E-state index < -0.39 is 5.60 Å². The second kappa shape index (κ2) is 7.88. The van der Waals surface area contributed by atoms with Crippen LogP contribution in [0, 0.1) is 6.92 Å². The average Bonchev–Trinajstić information content (AvgIpc) is 2.51. The van der Waals surface area contributed by atoms with Gasteiger partial charge in [-0.1, -0.05) is 18.2 Å². The first-order chi connectivity index (χ1) is 11.3. The van der Waals surface area contributed by atoms with E-state index in [2.05, 4.69) is 36.1 Å². The molecule has 1 aliphatic heterocycles. The van der Waals surface area contributed by atoms with Gasteiger partial charge in [0.15, 0.2) is 0 Å². The van der Waals surface area contributed by atoms with Gasteiger partial charge < -0.3 is 19.3 Å². The number of rotatable bonds is 4. The lowest BCUT2D eigenvalue weighted by Gasteiger charge is -2.43. The molecule has 0 saturated carbocycles. The van der Waals surface area contributed by atoms with Crippen LogP contribution < -0.4 is 4.90 Å². The van der Waals surface area contributed by atoms with Gasteiger partial charge in [-0.2, -0.15) is 0 Å². The standard InChI is InChI=1S/C19H30N2O3/c1-15-8-6-7-9-17(15)20-11-12-21(16(14-20)10-13-23-5)18(22)24-19(2,3)4/h6-9,16H,10-14H2,1-5H3. The Morgan fingerprint density at radius 2 is 1.96 bits per heavy atom. The number of carbonyl (C=O) groups excluding carboxylic acids is 1. The first kappa shape index (κ1) is 18.6. The molecule has 0 N–H and O–H groups in total. The molecule has 2 rings (SSSR count). The molecule has 1 aromatic rings. The van der Waals surface area contributed by atoms with Crippen LogP contribution in [0.25, 0.3) is 0 Å². The summed E-state index contributed by atoms with van der Waals surface area (Å²) in [6.45, 7) is 10.7. The van der Waals surface area contributed by atoms with Crippen molar-refractivity contribution in [3.63, 3.8) is 0 Å². The van der Waals surface area contributed by atoms with E-state index in [9.17, 15) is 4.79 Å². The number of carbonyl (C=O) groups is 1. The molecular weight excluding hydrogens is 304 g/mol. The molecule has 5 nitrogen and oxygen atoms in total. The lowest BCUT2D eigenvalue weighted by Crippen LogP contribution is -2.56. The number of nitrogens with zero attached hydrogens (tertiary/aromatic N) is 2. The summed E-state index contributed by atoms with van der Waals surface area (Å²) in [5, 5.41) is 0. The molecule has 134 valence electrons. The molecule has 1 atom stereocenters. The number of hydrogen-bond donors (Lipinski definition) is 0. The molecule has 1 saturated heterocycles. The highest BCUT2D eigenvalue weighted by atomic mass is 16.6. The summed E-state index contributed by atoms with van der Waals surface area (Å²) in [7, 11) is 1.69. The Bertz CT molecular complexity index is 554. The second-order valence-corrected chi connectivity index (χ2v) is 7.34. The van der Waals surface area contributed by atoms with E-state index in [0.717, 1.165) is 19.5 Å². The molecule has 0 radical (unpaired) electrons. The first-order valence-corrected chi connectivity index (χ1v) is 8.61. The second-order valence-electron chi connectivity index (χ2n) is 7.34. The Morgan fingerprint density at radius 3 is 2.58 bits per heavy atom. The average molecular weight is 334 g/mol. The summed E-state index contributed by atoms with van der Waals surface area (Å²) < 4.78 is 10.8. The van der Waals surface area contributed by atoms with Crippen molar-refractivity contribution >= 4 is 11.8 Å². The zero-order chi connectivity index (χ0) is 17.7. The summed E-state index contributed by atoms with van der Waals surface area (Å²) in [6, 6.07) is 8.48. The Labute approximate surface area is 145 Å².